The molecule has 6 nitrogen and oxygen atoms in total. The summed E-state index contributed by atoms with van der Waals surface area (Å²) in [6.45, 7) is 11.8. The Balaban J connectivity index is 1.68. The van der Waals surface area contributed by atoms with Crippen LogP contribution in [-0.4, -0.2) is 51.1 Å². The maximum absolute atomic E-state index is 6.50. The molecule has 0 spiro atoms. The van der Waals surface area contributed by atoms with Gasteiger partial charge in [-0.1, -0.05) is 48.1 Å². The summed E-state index contributed by atoms with van der Waals surface area (Å²) in [4.78, 5) is 17.7. The Kier molecular flexibility index (Phi) is 6.98. The van der Waals surface area contributed by atoms with Gasteiger partial charge < -0.3 is 10.6 Å². The highest BCUT2D eigenvalue weighted by molar-refractivity contribution is 7.18. The Morgan fingerprint density at radius 2 is 2.00 bits per heavy atom. The highest BCUT2D eigenvalue weighted by Gasteiger charge is 2.35. The lowest BCUT2D eigenvalue weighted by Crippen LogP contribution is -2.46. The summed E-state index contributed by atoms with van der Waals surface area (Å²) >= 11 is 8.10. The average Bonchev–Trinajstić information content (AvgIpc) is 3.38. The molecule has 2 aromatic heterocycles. The van der Waals surface area contributed by atoms with E-state index in [1.807, 2.05) is 36.5 Å². The van der Waals surface area contributed by atoms with Crippen molar-refractivity contribution in [3.05, 3.63) is 41.6 Å². The number of benzene rings is 1. The molecule has 3 aromatic rings. The molecule has 1 aromatic carbocycles. The topological polar surface area (TPSA) is 66.0 Å². The monoisotopic (exact) mass is 470 g/mol. The standard InChI is InChI=1S/C24H31ClN6S/c1-5-31-12-8-11-24(31,4)15-27-22-29-19(17-9-6-7-10-18(17)25)13-20(30-22)21-14-26-23(32-21)28-16(2)3/h6-7,9-10,13-14,16H,5,8,11-12,15H2,1-4H3,(H,26,28)(H,27,29,30). The van der Waals surface area contributed by atoms with Crippen LogP contribution in [0.1, 0.15) is 40.5 Å². The summed E-state index contributed by atoms with van der Waals surface area (Å²) < 4.78 is 0. The van der Waals surface area contributed by atoms with Crippen LogP contribution < -0.4 is 10.6 Å². The number of thiazole rings is 1. The van der Waals surface area contributed by atoms with E-state index >= 15 is 0 Å². The molecule has 1 aliphatic heterocycles. The zero-order valence-electron chi connectivity index (χ0n) is 19.2. The molecule has 1 aliphatic rings. The molecule has 1 unspecified atom stereocenters. The van der Waals surface area contributed by atoms with Crippen LogP contribution in [0.5, 0.6) is 0 Å². The first-order valence-electron chi connectivity index (χ1n) is 11.2. The van der Waals surface area contributed by atoms with Crippen LogP contribution in [-0.2, 0) is 0 Å². The Morgan fingerprint density at radius 1 is 1.22 bits per heavy atom. The van der Waals surface area contributed by atoms with E-state index in [2.05, 4.69) is 48.2 Å². The van der Waals surface area contributed by atoms with Gasteiger partial charge >= 0.3 is 0 Å². The lowest BCUT2D eigenvalue weighted by atomic mass is 9.99. The Bertz CT molecular complexity index is 1070. The molecule has 2 N–H and O–H groups in total. The van der Waals surface area contributed by atoms with Gasteiger partial charge in [0.2, 0.25) is 5.95 Å². The van der Waals surface area contributed by atoms with E-state index in [1.165, 1.54) is 12.8 Å². The Labute approximate surface area is 199 Å². The summed E-state index contributed by atoms with van der Waals surface area (Å²) in [6, 6.07) is 10.1. The fourth-order valence-electron chi connectivity index (χ4n) is 4.25. The third-order valence-electron chi connectivity index (χ3n) is 5.96. The summed E-state index contributed by atoms with van der Waals surface area (Å²) in [7, 11) is 0. The zero-order chi connectivity index (χ0) is 22.7. The number of halogens is 1. The van der Waals surface area contributed by atoms with Crippen LogP contribution in [0.4, 0.5) is 11.1 Å². The van der Waals surface area contributed by atoms with Gasteiger partial charge in [0.05, 0.1) is 16.3 Å². The first kappa shape index (κ1) is 23.0. The van der Waals surface area contributed by atoms with Gasteiger partial charge in [-0.05, 0) is 58.8 Å². The van der Waals surface area contributed by atoms with Crippen molar-refractivity contribution in [1.29, 1.82) is 0 Å². The molecule has 0 bridgehead atoms. The number of hydrogen-bond donors (Lipinski definition) is 2. The van der Waals surface area contributed by atoms with Crippen molar-refractivity contribution in [2.75, 3.05) is 30.3 Å². The number of likely N-dealkylation sites (tertiary alicyclic amines) is 1. The second kappa shape index (κ2) is 9.73. The van der Waals surface area contributed by atoms with Crippen molar-refractivity contribution in [3.63, 3.8) is 0 Å². The average molecular weight is 471 g/mol. The molecule has 170 valence electrons. The quantitative estimate of drug-likeness (QED) is 0.419. The predicted molar refractivity (Wildman–Crippen MR) is 136 cm³/mol. The van der Waals surface area contributed by atoms with Crippen molar-refractivity contribution < 1.29 is 0 Å². The molecule has 8 heteroatoms. The number of hydrogen-bond acceptors (Lipinski definition) is 7. The molecule has 0 saturated carbocycles. The Hall–Kier alpha value is -2.22. The molecule has 1 atom stereocenters. The van der Waals surface area contributed by atoms with Crippen LogP contribution in [0.15, 0.2) is 36.5 Å². The van der Waals surface area contributed by atoms with E-state index in [-0.39, 0.29) is 5.54 Å². The molecule has 0 radical (unpaired) electrons. The molecule has 1 saturated heterocycles. The van der Waals surface area contributed by atoms with E-state index in [0.29, 0.717) is 17.0 Å². The highest BCUT2D eigenvalue weighted by atomic mass is 35.5. The van der Waals surface area contributed by atoms with Crippen LogP contribution in [0, 0.1) is 0 Å². The molecule has 4 rings (SSSR count). The van der Waals surface area contributed by atoms with Crippen molar-refractivity contribution in [2.45, 2.75) is 52.1 Å². The van der Waals surface area contributed by atoms with Crippen LogP contribution in [0.25, 0.3) is 21.8 Å². The summed E-state index contributed by atoms with van der Waals surface area (Å²) in [5.41, 5.74) is 2.65. The van der Waals surface area contributed by atoms with E-state index in [9.17, 15) is 0 Å². The number of anilines is 2. The van der Waals surface area contributed by atoms with Crippen LogP contribution >= 0.6 is 22.9 Å². The second-order valence-electron chi connectivity index (χ2n) is 8.80. The molecular weight excluding hydrogens is 440 g/mol. The molecule has 0 amide bonds. The van der Waals surface area contributed by atoms with Crippen molar-refractivity contribution in [2.24, 2.45) is 0 Å². The largest absolute Gasteiger partial charge is 0.359 e. The van der Waals surface area contributed by atoms with E-state index in [0.717, 1.165) is 46.6 Å². The molecule has 32 heavy (non-hydrogen) atoms. The fourth-order valence-corrected chi connectivity index (χ4v) is 5.41. The third kappa shape index (κ3) is 5.05. The number of nitrogens with one attached hydrogen (secondary N) is 2. The van der Waals surface area contributed by atoms with Crippen molar-refractivity contribution in [1.82, 2.24) is 19.9 Å². The minimum atomic E-state index is 0.109. The van der Waals surface area contributed by atoms with Gasteiger partial charge in [-0.3, -0.25) is 4.90 Å². The molecule has 1 fully saturated rings. The van der Waals surface area contributed by atoms with Gasteiger partial charge in [0.25, 0.3) is 0 Å². The minimum Gasteiger partial charge on any atom is -0.359 e. The lowest BCUT2D eigenvalue weighted by Gasteiger charge is -2.34. The van der Waals surface area contributed by atoms with Gasteiger partial charge in [0, 0.05) is 34.9 Å². The van der Waals surface area contributed by atoms with Crippen molar-refractivity contribution >= 4 is 34.0 Å². The molecular formula is C24H31ClN6S. The number of nitrogens with zero attached hydrogens (tertiary/aromatic N) is 4. The number of aromatic nitrogens is 3. The lowest BCUT2D eigenvalue weighted by molar-refractivity contribution is 0.177. The summed E-state index contributed by atoms with van der Waals surface area (Å²) in [5.74, 6) is 0.619. The van der Waals surface area contributed by atoms with Gasteiger partial charge in [-0.15, -0.1) is 0 Å². The summed E-state index contributed by atoms with van der Waals surface area (Å²) in [5, 5.41) is 8.46. The SMILES string of the molecule is CCN1CCCC1(C)CNc1nc(-c2cnc(NC(C)C)s2)cc(-c2ccccc2Cl)n1. The molecule has 3 heterocycles. The Morgan fingerprint density at radius 3 is 2.75 bits per heavy atom. The van der Waals surface area contributed by atoms with E-state index in [4.69, 9.17) is 21.6 Å². The van der Waals surface area contributed by atoms with Gasteiger partial charge in [0.1, 0.15) is 0 Å². The zero-order valence-corrected chi connectivity index (χ0v) is 20.7. The predicted octanol–water partition coefficient (Wildman–Crippen LogP) is 6.03. The van der Waals surface area contributed by atoms with Crippen molar-refractivity contribution in [3.8, 4) is 21.8 Å². The van der Waals surface area contributed by atoms with Crippen LogP contribution in [0.2, 0.25) is 5.02 Å². The summed E-state index contributed by atoms with van der Waals surface area (Å²) in [6.07, 6.45) is 4.27. The maximum atomic E-state index is 6.50. The normalized spacial score (nSPS) is 18.9. The van der Waals surface area contributed by atoms with Gasteiger partial charge in [-0.25, -0.2) is 15.0 Å². The smallest absolute Gasteiger partial charge is 0.223 e. The fraction of sp³-hybridized carbons (Fsp3) is 0.458. The van der Waals surface area contributed by atoms with E-state index in [1.54, 1.807) is 11.3 Å². The van der Waals surface area contributed by atoms with Gasteiger partial charge in [-0.2, -0.15) is 0 Å². The first-order chi connectivity index (χ1) is 15.4. The molecule has 0 aliphatic carbocycles. The number of likely N-dealkylation sites (N-methyl/N-ethyl adjacent to an activating group) is 1. The third-order valence-corrected chi connectivity index (χ3v) is 7.24. The second-order valence-corrected chi connectivity index (χ2v) is 10.2. The van der Waals surface area contributed by atoms with Gasteiger partial charge in [0.15, 0.2) is 5.13 Å². The van der Waals surface area contributed by atoms with Crippen LogP contribution in [0.3, 0.4) is 0 Å². The van der Waals surface area contributed by atoms with E-state index < -0.39 is 0 Å². The minimum absolute atomic E-state index is 0.109. The number of rotatable bonds is 8. The maximum Gasteiger partial charge on any atom is 0.223 e. The highest BCUT2D eigenvalue weighted by Crippen LogP contribution is 2.34. The first-order valence-corrected chi connectivity index (χ1v) is 12.4.